The first-order chi connectivity index (χ1) is 9.48. The van der Waals surface area contributed by atoms with E-state index in [-0.39, 0.29) is 0 Å². The van der Waals surface area contributed by atoms with E-state index in [0.717, 1.165) is 12.1 Å². The van der Waals surface area contributed by atoms with Crippen molar-refractivity contribution in [1.82, 2.24) is 5.43 Å². The quantitative estimate of drug-likeness (QED) is 0.845. The molecule has 0 atom stereocenters. The average molecular weight is 280 g/mol. The monoisotopic (exact) mass is 280 g/mol. The minimum atomic E-state index is -4.57. The highest BCUT2D eigenvalue weighted by molar-refractivity contribution is 5.96. The number of benzene rings is 2. The van der Waals surface area contributed by atoms with Gasteiger partial charge in [0.2, 0.25) is 0 Å². The molecule has 2 aromatic rings. The standard InChI is InChI=1S/C14H11F3N2O/c15-14(16,17)12-9-5-4-8-11(12)13(20)19-18-10-6-2-1-3-7-10/h1-9,18H,(H,19,20). The Morgan fingerprint density at radius 2 is 1.50 bits per heavy atom. The van der Waals surface area contributed by atoms with Crippen LogP contribution in [-0.4, -0.2) is 5.91 Å². The second-order valence-electron chi connectivity index (χ2n) is 3.99. The topological polar surface area (TPSA) is 41.1 Å². The third-order valence-corrected chi connectivity index (χ3v) is 2.57. The van der Waals surface area contributed by atoms with Gasteiger partial charge in [-0.25, -0.2) is 0 Å². The number of rotatable bonds is 3. The van der Waals surface area contributed by atoms with Crippen molar-refractivity contribution in [1.29, 1.82) is 0 Å². The van der Waals surface area contributed by atoms with Gasteiger partial charge in [-0.3, -0.25) is 15.6 Å². The normalized spacial score (nSPS) is 10.9. The van der Waals surface area contributed by atoms with Gasteiger partial charge in [0.05, 0.1) is 16.8 Å². The van der Waals surface area contributed by atoms with Gasteiger partial charge in [-0.05, 0) is 24.3 Å². The zero-order valence-electron chi connectivity index (χ0n) is 10.2. The second kappa shape index (κ2) is 5.64. The number of hydrogen-bond acceptors (Lipinski definition) is 2. The summed E-state index contributed by atoms with van der Waals surface area (Å²) in [6, 6.07) is 13.2. The predicted octanol–water partition coefficient (Wildman–Crippen LogP) is 3.46. The number of para-hydroxylation sites is 1. The zero-order valence-corrected chi connectivity index (χ0v) is 10.2. The van der Waals surface area contributed by atoms with E-state index < -0.39 is 23.2 Å². The predicted molar refractivity (Wildman–Crippen MR) is 69.0 cm³/mol. The fourth-order valence-corrected chi connectivity index (χ4v) is 1.65. The maximum atomic E-state index is 12.8. The third-order valence-electron chi connectivity index (χ3n) is 2.57. The van der Waals surface area contributed by atoms with Crippen molar-refractivity contribution < 1.29 is 18.0 Å². The van der Waals surface area contributed by atoms with Crippen LogP contribution in [0.1, 0.15) is 15.9 Å². The van der Waals surface area contributed by atoms with Crippen molar-refractivity contribution in [3.63, 3.8) is 0 Å². The highest BCUT2D eigenvalue weighted by Crippen LogP contribution is 2.31. The van der Waals surface area contributed by atoms with E-state index in [1.165, 1.54) is 12.1 Å². The third kappa shape index (κ3) is 3.28. The van der Waals surface area contributed by atoms with Crippen LogP contribution in [0.4, 0.5) is 18.9 Å². The first-order valence-corrected chi connectivity index (χ1v) is 5.76. The molecule has 0 saturated carbocycles. The zero-order chi connectivity index (χ0) is 14.6. The van der Waals surface area contributed by atoms with Crippen LogP contribution in [0.3, 0.4) is 0 Å². The van der Waals surface area contributed by atoms with Crippen LogP contribution in [0.2, 0.25) is 0 Å². The van der Waals surface area contributed by atoms with Gasteiger partial charge in [0, 0.05) is 0 Å². The van der Waals surface area contributed by atoms with Crippen molar-refractivity contribution >= 4 is 11.6 Å². The summed E-state index contributed by atoms with van der Waals surface area (Å²) < 4.78 is 38.3. The smallest absolute Gasteiger partial charge is 0.298 e. The number of halogens is 3. The molecule has 0 unspecified atom stereocenters. The van der Waals surface area contributed by atoms with E-state index in [0.29, 0.717) is 5.69 Å². The number of amides is 1. The number of anilines is 1. The van der Waals surface area contributed by atoms with Crippen molar-refractivity contribution in [3.05, 3.63) is 65.7 Å². The molecule has 0 aromatic heterocycles. The van der Waals surface area contributed by atoms with Crippen molar-refractivity contribution in [3.8, 4) is 0 Å². The van der Waals surface area contributed by atoms with E-state index in [2.05, 4.69) is 10.9 Å². The fourth-order valence-electron chi connectivity index (χ4n) is 1.65. The summed E-state index contributed by atoms with van der Waals surface area (Å²) in [5, 5.41) is 0. The van der Waals surface area contributed by atoms with Crippen LogP contribution in [0, 0.1) is 0 Å². The lowest BCUT2D eigenvalue weighted by Gasteiger charge is -2.13. The maximum Gasteiger partial charge on any atom is 0.417 e. The molecule has 0 radical (unpaired) electrons. The summed E-state index contributed by atoms with van der Waals surface area (Å²) in [6.07, 6.45) is -4.57. The van der Waals surface area contributed by atoms with Crippen LogP contribution in [0.15, 0.2) is 54.6 Å². The van der Waals surface area contributed by atoms with Crippen molar-refractivity contribution in [2.75, 3.05) is 5.43 Å². The number of hydrogen-bond donors (Lipinski definition) is 2. The van der Waals surface area contributed by atoms with Gasteiger partial charge in [0.25, 0.3) is 5.91 Å². The Kier molecular flexibility index (Phi) is 3.93. The summed E-state index contributed by atoms with van der Waals surface area (Å²) in [6.45, 7) is 0. The SMILES string of the molecule is O=C(NNc1ccccc1)c1ccccc1C(F)(F)F. The lowest BCUT2D eigenvalue weighted by molar-refractivity contribution is -0.137. The Morgan fingerprint density at radius 1 is 0.900 bits per heavy atom. The summed E-state index contributed by atoms with van der Waals surface area (Å²) in [4.78, 5) is 11.8. The molecule has 2 aromatic carbocycles. The van der Waals surface area contributed by atoms with Crippen LogP contribution in [-0.2, 0) is 6.18 Å². The number of alkyl halides is 3. The average Bonchev–Trinajstić information content (AvgIpc) is 2.45. The maximum absolute atomic E-state index is 12.8. The van der Waals surface area contributed by atoms with E-state index >= 15 is 0 Å². The summed E-state index contributed by atoms with van der Waals surface area (Å²) in [5.41, 5.74) is 3.98. The molecule has 0 saturated heterocycles. The summed E-state index contributed by atoms with van der Waals surface area (Å²) >= 11 is 0. The number of hydrazine groups is 1. The largest absolute Gasteiger partial charge is 0.417 e. The highest BCUT2D eigenvalue weighted by Gasteiger charge is 2.34. The minimum Gasteiger partial charge on any atom is -0.298 e. The molecule has 2 N–H and O–H groups in total. The van der Waals surface area contributed by atoms with Gasteiger partial charge in [0.15, 0.2) is 0 Å². The molecule has 0 aliphatic carbocycles. The molecule has 20 heavy (non-hydrogen) atoms. The summed E-state index contributed by atoms with van der Waals surface area (Å²) in [7, 11) is 0. The van der Waals surface area contributed by atoms with E-state index in [1.807, 2.05) is 0 Å². The van der Waals surface area contributed by atoms with Crippen molar-refractivity contribution in [2.24, 2.45) is 0 Å². The van der Waals surface area contributed by atoms with Crippen molar-refractivity contribution in [2.45, 2.75) is 6.18 Å². The Morgan fingerprint density at radius 3 is 2.15 bits per heavy atom. The fraction of sp³-hybridized carbons (Fsp3) is 0.0714. The molecule has 2 rings (SSSR count). The van der Waals surface area contributed by atoms with Crippen LogP contribution >= 0.6 is 0 Å². The van der Waals surface area contributed by atoms with Gasteiger partial charge in [0.1, 0.15) is 0 Å². The molecule has 104 valence electrons. The van der Waals surface area contributed by atoms with Gasteiger partial charge >= 0.3 is 6.18 Å². The number of carbonyl (C=O) groups is 1. The van der Waals surface area contributed by atoms with Crippen LogP contribution in [0.5, 0.6) is 0 Å². The molecule has 1 amide bonds. The Bertz CT molecular complexity index is 597. The van der Waals surface area contributed by atoms with Crippen LogP contribution in [0.25, 0.3) is 0 Å². The molecule has 0 fully saturated rings. The van der Waals surface area contributed by atoms with Gasteiger partial charge in [-0.2, -0.15) is 13.2 Å². The van der Waals surface area contributed by atoms with Crippen LogP contribution < -0.4 is 10.9 Å². The molecule has 0 bridgehead atoms. The number of carbonyl (C=O) groups excluding carboxylic acids is 1. The second-order valence-corrected chi connectivity index (χ2v) is 3.99. The van der Waals surface area contributed by atoms with E-state index in [4.69, 9.17) is 0 Å². The Balaban J connectivity index is 2.14. The molecular formula is C14H11F3N2O. The minimum absolute atomic E-state index is 0.427. The highest BCUT2D eigenvalue weighted by atomic mass is 19.4. The lowest BCUT2D eigenvalue weighted by Crippen LogP contribution is -2.31. The van der Waals surface area contributed by atoms with Gasteiger partial charge in [-0.1, -0.05) is 30.3 Å². The number of nitrogens with one attached hydrogen (secondary N) is 2. The van der Waals surface area contributed by atoms with E-state index in [1.54, 1.807) is 30.3 Å². The lowest BCUT2D eigenvalue weighted by atomic mass is 10.1. The molecule has 0 aliphatic rings. The Labute approximate surface area is 113 Å². The molecule has 0 spiro atoms. The molecular weight excluding hydrogens is 269 g/mol. The molecule has 0 aliphatic heterocycles. The van der Waals surface area contributed by atoms with Gasteiger partial charge in [-0.15, -0.1) is 0 Å². The first-order valence-electron chi connectivity index (χ1n) is 5.76. The summed E-state index contributed by atoms with van der Waals surface area (Å²) in [5.74, 6) is -0.846. The Hall–Kier alpha value is -2.50. The van der Waals surface area contributed by atoms with Gasteiger partial charge < -0.3 is 0 Å². The molecule has 3 nitrogen and oxygen atoms in total. The van der Waals surface area contributed by atoms with E-state index in [9.17, 15) is 18.0 Å². The first kappa shape index (κ1) is 13.9. The molecule has 6 heteroatoms. The molecule has 0 heterocycles.